The Morgan fingerprint density at radius 3 is 2.41 bits per heavy atom. The number of para-hydroxylation sites is 2. The van der Waals surface area contributed by atoms with E-state index in [1.165, 1.54) is 0 Å². The number of nitrogens with two attached hydrogens (primary N) is 1. The van der Waals surface area contributed by atoms with E-state index >= 15 is 0 Å². The lowest BCUT2D eigenvalue weighted by molar-refractivity contribution is 0.295. The van der Waals surface area contributed by atoms with Crippen LogP contribution in [-0.2, 0) is 6.42 Å². The Hall–Kier alpha value is -3.65. The summed E-state index contributed by atoms with van der Waals surface area (Å²) in [6, 6.07) is 12.9. The highest BCUT2D eigenvalue weighted by Gasteiger charge is 2.25. The number of imidazole rings is 1. The van der Waals surface area contributed by atoms with Crippen LogP contribution < -0.4 is 15.2 Å². The van der Waals surface area contributed by atoms with Crippen LogP contribution in [0, 0.1) is 0 Å². The number of rotatable bonds is 6. The average molecular weight is 394 g/mol. The van der Waals surface area contributed by atoms with Crippen molar-refractivity contribution in [3.8, 4) is 34.3 Å². The van der Waals surface area contributed by atoms with Gasteiger partial charge in [-0.2, -0.15) is 0 Å². The highest BCUT2D eigenvalue weighted by molar-refractivity contribution is 5.86. The van der Waals surface area contributed by atoms with Gasteiger partial charge in [0.2, 0.25) is 0 Å². The van der Waals surface area contributed by atoms with Gasteiger partial charge in [-0.15, -0.1) is 0 Å². The minimum atomic E-state index is -0.155. The van der Waals surface area contributed by atoms with Crippen LogP contribution in [0.1, 0.15) is 5.69 Å². The van der Waals surface area contributed by atoms with E-state index in [1.807, 2.05) is 24.3 Å². The average Bonchev–Trinajstić information content (AvgIpc) is 3.26. The van der Waals surface area contributed by atoms with E-state index < -0.39 is 0 Å². The molecule has 8 heteroatoms. The molecule has 2 heterocycles. The van der Waals surface area contributed by atoms with Crippen molar-refractivity contribution in [2.75, 3.05) is 26.6 Å². The van der Waals surface area contributed by atoms with Crippen LogP contribution in [-0.4, -0.2) is 45.6 Å². The molecule has 0 radical (unpaired) electrons. The van der Waals surface area contributed by atoms with Crippen molar-refractivity contribution in [3.05, 3.63) is 48.2 Å². The molecular formula is C21H22N4O4. The van der Waals surface area contributed by atoms with E-state index in [2.05, 4.69) is 9.97 Å². The summed E-state index contributed by atoms with van der Waals surface area (Å²) in [5.74, 6) is 1.87. The number of fused-ring (bicyclic) bond motifs is 1. The van der Waals surface area contributed by atoms with Gasteiger partial charge in [0, 0.05) is 31.2 Å². The number of hydrogen-bond donors (Lipinski definition) is 4. The summed E-state index contributed by atoms with van der Waals surface area (Å²) in [6.07, 6.45) is 0.204. The monoisotopic (exact) mass is 394 g/mol. The minimum Gasteiger partial charge on any atom is -0.505 e. The molecule has 4 aromatic rings. The zero-order chi connectivity index (χ0) is 20.5. The number of aliphatic hydroxyl groups excluding tert-OH is 1. The number of aromatic nitrogens is 3. The molecule has 2 aromatic heterocycles. The number of aliphatic hydroxyl groups is 1. The summed E-state index contributed by atoms with van der Waals surface area (Å²) >= 11 is 0. The van der Waals surface area contributed by atoms with E-state index in [4.69, 9.17) is 15.2 Å². The van der Waals surface area contributed by atoms with Crippen molar-refractivity contribution in [3.63, 3.8) is 0 Å². The summed E-state index contributed by atoms with van der Waals surface area (Å²) in [6.45, 7) is -0.155. The third kappa shape index (κ3) is 3.13. The smallest absolute Gasteiger partial charge is 0.150 e. The Morgan fingerprint density at radius 1 is 1.10 bits per heavy atom. The van der Waals surface area contributed by atoms with Crippen LogP contribution in [0.15, 0.2) is 42.5 Å². The van der Waals surface area contributed by atoms with Crippen LogP contribution >= 0.6 is 0 Å². The SMILES string of the molecule is COc1cc(OC)cc(-n2c(N)c(-c3nc4ccccc4[nH]3)c(O)c2CCO)c1. The molecule has 5 N–H and O–H groups in total. The predicted molar refractivity (Wildman–Crippen MR) is 111 cm³/mol. The number of ether oxygens (including phenoxy) is 2. The predicted octanol–water partition coefficient (Wildman–Crippen LogP) is 2.86. The Morgan fingerprint density at radius 2 is 1.79 bits per heavy atom. The van der Waals surface area contributed by atoms with E-state index in [9.17, 15) is 10.2 Å². The van der Waals surface area contributed by atoms with Gasteiger partial charge in [-0.05, 0) is 12.1 Å². The van der Waals surface area contributed by atoms with Crippen LogP contribution in [0.3, 0.4) is 0 Å². The molecule has 0 saturated heterocycles. The first-order valence-electron chi connectivity index (χ1n) is 9.08. The molecule has 150 valence electrons. The number of methoxy groups -OCH3 is 2. The first-order chi connectivity index (χ1) is 14.1. The van der Waals surface area contributed by atoms with Gasteiger partial charge in [0.05, 0.1) is 36.6 Å². The van der Waals surface area contributed by atoms with Crippen molar-refractivity contribution < 1.29 is 19.7 Å². The van der Waals surface area contributed by atoms with E-state index in [0.29, 0.717) is 40.1 Å². The molecule has 0 spiro atoms. The Balaban J connectivity index is 1.97. The first kappa shape index (κ1) is 18.7. The van der Waals surface area contributed by atoms with Crippen LogP contribution in [0.5, 0.6) is 17.2 Å². The van der Waals surface area contributed by atoms with Crippen molar-refractivity contribution in [1.29, 1.82) is 0 Å². The Kier molecular flexibility index (Phi) is 4.77. The minimum absolute atomic E-state index is 0.0302. The molecule has 29 heavy (non-hydrogen) atoms. The lowest BCUT2D eigenvalue weighted by Crippen LogP contribution is -2.07. The molecule has 0 bridgehead atoms. The molecule has 0 aliphatic carbocycles. The Labute approximate surface area is 167 Å². The summed E-state index contributed by atoms with van der Waals surface area (Å²) in [7, 11) is 3.12. The number of benzene rings is 2. The topological polar surface area (TPSA) is 119 Å². The summed E-state index contributed by atoms with van der Waals surface area (Å²) in [5.41, 5.74) is 9.57. The molecule has 0 saturated carbocycles. The number of nitrogens with one attached hydrogen (secondary N) is 1. The summed E-state index contributed by atoms with van der Waals surface area (Å²) in [4.78, 5) is 7.76. The molecule has 0 unspecified atom stereocenters. The standard InChI is InChI=1S/C21H22N4O4/c1-28-13-9-12(10-14(11-13)29-2)25-17(7-8-26)19(27)18(20(25)22)21-23-15-5-3-4-6-16(15)24-21/h3-6,9-11,26-27H,7-8,22H2,1-2H3,(H,23,24). The molecule has 0 amide bonds. The fourth-order valence-electron chi connectivity index (χ4n) is 3.49. The second-order valence-electron chi connectivity index (χ2n) is 6.54. The largest absolute Gasteiger partial charge is 0.505 e. The zero-order valence-electron chi connectivity index (χ0n) is 16.1. The van der Waals surface area contributed by atoms with E-state index in [1.54, 1.807) is 37.0 Å². The lowest BCUT2D eigenvalue weighted by Gasteiger charge is -2.14. The number of H-pyrrole nitrogens is 1. The van der Waals surface area contributed by atoms with Crippen LogP contribution in [0.4, 0.5) is 5.82 Å². The second-order valence-corrected chi connectivity index (χ2v) is 6.54. The first-order valence-corrected chi connectivity index (χ1v) is 9.08. The second kappa shape index (κ2) is 7.40. The van der Waals surface area contributed by atoms with Crippen LogP contribution in [0.2, 0.25) is 0 Å². The fraction of sp³-hybridized carbons (Fsp3) is 0.190. The van der Waals surface area contributed by atoms with Gasteiger partial charge in [-0.25, -0.2) is 4.98 Å². The molecule has 0 aliphatic rings. The maximum atomic E-state index is 11.0. The molecule has 0 aliphatic heterocycles. The normalized spacial score (nSPS) is 11.1. The highest BCUT2D eigenvalue weighted by Crippen LogP contribution is 2.42. The van der Waals surface area contributed by atoms with Gasteiger partial charge in [-0.1, -0.05) is 12.1 Å². The van der Waals surface area contributed by atoms with Gasteiger partial charge in [0.25, 0.3) is 0 Å². The van der Waals surface area contributed by atoms with Gasteiger partial charge < -0.3 is 30.4 Å². The van der Waals surface area contributed by atoms with Gasteiger partial charge in [0.15, 0.2) is 0 Å². The number of nitrogen functional groups attached to an aromatic ring is 1. The Bertz CT molecular complexity index is 1120. The summed E-state index contributed by atoms with van der Waals surface area (Å²) in [5, 5.41) is 20.5. The van der Waals surface area contributed by atoms with E-state index in [0.717, 1.165) is 11.0 Å². The highest BCUT2D eigenvalue weighted by atomic mass is 16.5. The number of hydrogen-bond acceptors (Lipinski definition) is 6. The third-order valence-corrected chi connectivity index (χ3v) is 4.85. The number of nitrogens with zero attached hydrogens (tertiary/aromatic N) is 2. The number of aromatic hydroxyl groups is 1. The molecule has 0 atom stereocenters. The zero-order valence-corrected chi connectivity index (χ0v) is 16.1. The maximum Gasteiger partial charge on any atom is 0.150 e. The lowest BCUT2D eigenvalue weighted by atomic mass is 10.2. The van der Waals surface area contributed by atoms with Crippen LogP contribution in [0.25, 0.3) is 28.1 Å². The van der Waals surface area contributed by atoms with Crippen molar-refractivity contribution in [2.45, 2.75) is 6.42 Å². The third-order valence-electron chi connectivity index (χ3n) is 4.85. The summed E-state index contributed by atoms with van der Waals surface area (Å²) < 4.78 is 12.4. The molecule has 2 aromatic carbocycles. The molecular weight excluding hydrogens is 372 g/mol. The number of aromatic amines is 1. The molecule has 4 rings (SSSR count). The fourth-order valence-corrected chi connectivity index (χ4v) is 3.49. The van der Waals surface area contributed by atoms with Gasteiger partial charge in [0.1, 0.15) is 34.5 Å². The van der Waals surface area contributed by atoms with Crippen molar-refractivity contribution in [2.24, 2.45) is 0 Å². The maximum absolute atomic E-state index is 11.0. The van der Waals surface area contributed by atoms with Gasteiger partial charge >= 0.3 is 0 Å². The number of anilines is 1. The van der Waals surface area contributed by atoms with Gasteiger partial charge in [-0.3, -0.25) is 4.57 Å². The van der Waals surface area contributed by atoms with E-state index in [-0.39, 0.29) is 18.8 Å². The molecule has 0 fully saturated rings. The quantitative estimate of drug-likeness (QED) is 0.399. The van der Waals surface area contributed by atoms with Crippen molar-refractivity contribution >= 4 is 16.9 Å². The van der Waals surface area contributed by atoms with Crippen molar-refractivity contribution in [1.82, 2.24) is 14.5 Å². The molecule has 8 nitrogen and oxygen atoms in total.